The van der Waals surface area contributed by atoms with Crippen LogP contribution in [0.1, 0.15) is 23.7 Å². The van der Waals surface area contributed by atoms with E-state index in [9.17, 15) is 5.11 Å². The van der Waals surface area contributed by atoms with Gasteiger partial charge in [-0.1, -0.05) is 0 Å². The van der Waals surface area contributed by atoms with Crippen LogP contribution >= 0.6 is 0 Å². The van der Waals surface area contributed by atoms with Gasteiger partial charge in [-0.15, -0.1) is 0 Å². The minimum atomic E-state index is -0.654. The number of nitrogens with zero attached hydrogens (tertiary/aromatic N) is 1. The van der Waals surface area contributed by atoms with Crippen molar-refractivity contribution in [3.05, 3.63) is 35.5 Å². The number of fused-ring (bicyclic) bond motifs is 1. The monoisotopic (exact) mass is 258 g/mol. The Balaban J connectivity index is 2.00. The molecule has 3 N–H and O–H groups in total. The normalized spacial score (nSPS) is 26.7. The van der Waals surface area contributed by atoms with Crippen LogP contribution in [-0.4, -0.2) is 34.0 Å². The summed E-state index contributed by atoms with van der Waals surface area (Å²) in [4.78, 5) is 3.13. The molecule has 1 aliphatic heterocycles. The fraction of sp³-hybridized carbons (Fsp3) is 0.357. The lowest BCUT2D eigenvalue weighted by Gasteiger charge is -2.11. The van der Waals surface area contributed by atoms with E-state index in [1.165, 1.54) is 0 Å². The van der Waals surface area contributed by atoms with Crippen LogP contribution in [0.4, 0.5) is 0 Å². The molecule has 1 saturated heterocycles. The third-order valence-corrected chi connectivity index (χ3v) is 3.59. The fourth-order valence-corrected chi connectivity index (χ4v) is 2.57. The maximum Gasteiger partial charge on any atom is 0.107 e. The van der Waals surface area contributed by atoms with Gasteiger partial charge >= 0.3 is 0 Å². The molecule has 1 fully saturated rings. The van der Waals surface area contributed by atoms with Crippen molar-refractivity contribution >= 4 is 10.9 Å². The molecule has 1 aliphatic rings. The third kappa shape index (κ3) is 2.00. The van der Waals surface area contributed by atoms with Gasteiger partial charge in [0.05, 0.1) is 30.4 Å². The number of benzene rings is 1. The van der Waals surface area contributed by atoms with Crippen molar-refractivity contribution in [3.8, 4) is 6.07 Å². The largest absolute Gasteiger partial charge is 0.394 e. The Bertz CT molecular complexity index is 644. The van der Waals surface area contributed by atoms with Crippen molar-refractivity contribution < 1.29 is 14.9 Å². The van der Waals surface area contributed by atoms with Crippen LogP contribution in [0.2, 0.25) is 0 Å². The number of rotatable bonds is 2. The van der Waals surface area contributed by atoms with Crippen LogP contribution in [0, 0.1) is 11.3 Å². The predicted octanol–water partition coefficient (Wildman–Crippen LogP) is 1.22. The van der Waals surface area contributed by atoms with E-state index in [0.29, 0.717) is 12.0 Å². The van der Waals surface area contributed by atoms with E-state index in [0.717, 1.165) is 16.5 Å². The molecule has 0 radical (unpaired) electrons. The van der Waals surface area contributed by atoms with Gasteiger partial charge in [0, 0.05) is 29.1 Å². The van der Waals surface area contributed by atoms with Crippen molar-refractivity contribution in [1.29, 1.82) is 5.26 Å². The zero-order valence-corrected chi connectivity index (χ0v) is 10.2. The van der Waals surface area contributed by atoms with Crippen molar-refractivity contribution in [2.75, 3.05) is 6.61 Å². The molecule has 2 aromatic rings. The van der Waals surface area contributed by atoms with Gasteiger partial charge in [-0.05, 0) is 18.2 Å². The highest BCUT2D eigenvalue weighted by Gasteiger charge is 2.35. The first-order valence-electron chi connectivity index (χ1n) is 6.18. The van der Waals surface area contributed by atoms with Crippen molar-refractivity contribution in [2.45, 2.75) is 24.7 Å². The van der Waals surface area contributed by atoms with E-state index < -0.39 is 12.2 Å². The number of hydrogen-bond donors (Lipinski definition) is 3. The molecule has 0 amide bonds. The molecule has 1 aromatic heterocycles. The number of aliphatic hydroxyl groups excluding tert-OH is 2. The Morgan fingerprint density at radius 2 is 2.32 bits per heavy atom. The van der Waals surface area contributed by atoms with Crippen molar-refractivity contribution in [1.82, 2.24) is 4.98 Å². The zero-order chi connectivity index (χ0) is 13.4. The molecule has 1 unspecified atom stereocenters. The van der Waals surface area contributed by atoms with Crippen LogP contribution in [0.5, 0.6) is 0 Å². The standard InChI is InChI=1S/C14H14N2O3/c15-5-8-1-2-11-9(3-8)10(6-16-11)13-4-12(18)14(7-17)19-13/h1-3,6,12-14,16-18H,4,7H2/t12-,13?,14+/m0/s1. The Hall–Kier alpha value is -1.87. The van der Waals surface area contributed by atoms with E-state index in [2.05, 4.69) is 11.1 Å². The molecule has 0 aliphatic carbocycles. The molecule has 1 aromatic carbocycles. The van der Waals surface area contributed by atoms with Gasteiger partial charge < -0.3 is 19.9 Å². The van der Waals surface area contributed by atoms with Gasteiger partial charge in [-0.25, -0.2) is 0 Å². The maximum atomic E-state index is 9.78. The number of hydrogen-bond acceptors (Lipinski definition) is 4. The second-order valence-electron chi connectivity index (χ2n) is 4.76. The van der Waals surface area contributed by atoms with Gasteiger partial charge in [0.1, 0.15) is 6.10 Å². The molecule has 2 heterocycles. The summed E-state index contributed by atoms with van der Waals surface area (Å²) in [5.41, 5.74) is 2.44. The van der Waals surface area contributed by atoms with E-state index in [1.54, 1.807) is 6.07 Å². The number of aliphatic hydroxyl groups is 2. The average molecular weight is 258 g/mol. The highest BCUT2D eigenvalue weighted by Crippen LogP contribution is 2.36. The highest BCUT2D eigenvalue weighted by atomic mass is 16.5. The summed E-state index contributed by atoms with van der Waals surface area (Å²) in [6, 6.07) is 7.53. The van der Waals surface area contributed by atoms with Crippen molar-refractivity contribution in [3.63, 3.8) is 0 Å². The third-order valence-electron chi connectivity index (χ3n) is 3.59. The average Bonchev–Trinajstić information content (AvgIpc) is 3.00. The maximum absolute atomic E-state index is 9.78. The van der Waals surface area contributed by atoms with Crippen LogP contribution in [0.15, 0.2) is 24.4 Å². The van der Waals surface area contributed by atoms with Crippen LogP contribution < -0.4 is 0 Å². The van der Waals surface area contributed by atoms with Crippen LogP contribution in [0.3, 0.4) is 0 Å². The molecule has 3 rings (SSSR count). The van der Waals surface area contributed by atoms with Crippen LogP contribution in [0.25, 0.3) is 10.9 Å². The summed E-state index contributed by atoms with van der Waals surface area (Å²) in [5, 5.41) is 28.8. The molecule has 5 nitrogen and oxygen atoms in total. The topological polar surface area (TPSA) is 89.3 Å². The predicted molar refractivity (Wildman–Crippen MR) is 68.3 cm³/mol. The molecular weight excluding hydrogens is 244 g/mol. The summed E-state index contributed by atoms with van der Waals surface area (Å²) in [5.74, 6) is 0. The second-order valence-corrected chi connectivity index (χ2v) is 4.76. The lowest BCUT2D eigenvalue weighted by atomic mass is 10.0. The summed E-state index contributed by atoms with van der Waals surface area (Å²) >= 11 is 0. The molecular formula is C14H14N2O3. The number of nitrogens with one attached hydrogen (secondary N) is 1. The quantitative estimate of drug-likeness (QED) is 0.755. The molecule has 0 bridgehead atoms. The van der Waals surface area contributed by atoms with E-state index in [-0.39, 0.29) is 12.7 Å². The lowest BCUT2D eigenvalue weighted by Crippen LogP contribution is -2.24. The molecule has 98 valence electrons. The highest BCUT2D eigenvalue weighted by molar-refractivity contribution is 5.85. The van der Waals surface area contributed by atoms with E-state index in [4.69, 9.17) is 15.1 Å². The molecule has 5 heteroatoms. The first-order valence-corrected chi connectivity index (χ1v) is 6.18. The second kappa shape index (κ2) is 4.67. The minimum absolute atomic E-state index is 0.191. The minimum Gasteiger partial charge on any atom is -0.394 e. The Morgan fingerprint density at radius 1 is 1.47 bits per heavy atom. The summed E-state index contributed by atoms with van der Waals surface area (Å²) in [6.07, 6.45) is 0.848. The SMILES string of the molecule is N#Cc1ccc2[nH]cc(C3C[C@H](O)[C@@H](CO)O3)c2c1. The number of H-pyrrole nitrogens is 1. The van der Waals surface area contributed by atoms with Gasteiger partial charge in [0.2, 0.25) is 0 Å². The van der Waals surface area contributed by atoms with Gasteiger partial charge in [0.15, 0.2) is 0 Å². The molecule has 0 saturated carbocycles. The van der Waals surface area contributed by atoms with Gasteiger partial charge in [-0.3, -0.25) is 0 Å². The summed E-state index contributed by atoms with van der Waals surface area (Å²) < 4.78 is 5.65. The lowest BCUT2D eigenvalue weighted by molar-refractivity contribution is -0.0222. The molecule has 3 atom stereocenters. The molecule has 0 spiro atoms. The van der Waals surface area contributed by atoms with E-state index >= 15 is 0 Å². The molecule has 19 heavy (non-hydrogen) atoms. The summed E-state index contributed by atoms with van der Waals surface area (Å²) in [6.45, 7) is -0.191. The first kappa shape index (κ1) is 12.2. The number of ether oxygens (including phenoxy) is 1. The zero-order valence-electron chi connectivity index (χ0n) is 10.2. The number of nitriles is 1. The van der Waals surface area contributed by atoms with Gasteiger partial charge in [-0.2, -0.15) is 5.26 Å². The van der Waals surface area contributed by atoms with Crippen LogP contribution in [-0.2, 0) is 4.74 Å². The Labute approximate surface area is 110 Å². The van der Waals surface area contributed by atoms with Crippen molar-refractivity contribution in [2.24, 2.45) is 0 Å². The summed E-state index contributed by atoms with van der Waals surface area (Å²) in [7, 11) is 0. The fourth-order valence-electron chi connectivity index (χ4n) is 2.57. The van der Waals surface area contributed by atoms with Gasteiger partial charge in [0.25, 0.3) is 0 Å². The Kier molecular flexibility index (Phi) is 2.99. The Morgan fingerprint density at radius 3 is 3.00 bits per heavy atom. The number of aromatic nitrogens is 1. The number of aromatic amines is 1. The van der Waals surface area contributed by atoms with E-state index in [1.807, 2.05) is 18.3 Å². The first-order chi connectivity index (χ1) is 9.22. The smallest absolute Gasteiger partial charge is 0.107 e.